The van der Waals surface area contributed by atoms with Gasteiger partial charge in [-0.2, -0.15) is 12.1 Å². The quantitative estimate of drug-likeness (QED) is 0.135. The van der Waals surface area contributed by atoms with Crippen molar-refractivity contribution in [2.24, 2.45) is 0 Å². The first kappa shape index (κ1) is 49.7. The third-order valence-electron chi connectivity index (χ3n) is 15.5. The Kier molecular flexibility index (Phi) is 12.3. The van der Waals surface area contributed by atoms with Gasteiger partial charge in [0.15, 0.2) is 0 Å². The van der Waals surface area contributed by atoms with Gasteiger partial charge in [0, 0.05) is 72.5 Å². The third-order valence-corrected chi connectivity index (χ3v) is 15.5. The molecule has 0 bridgehead atoms. The number of nitrogens with zero attached hydrogens (tertiary/aromatic N) is 4. The molecule has 0 unspecified atom stereocenters. The molecule has 5 nitrogen and oxygen atoms in total. The van der Waals surface area contributed by atoms with Crippen molar-refractivity contribution in [1.29, 1.82) is 0 Å². The van der Waals surface area contributed by atoms with Crippen molar-refractivity contribution >= 4 is 44.6 Å². The van der Waals surface area contributed by atoms with Gasteiger partial charge in [0.05, 0.1) is 5.41 Å². The molecule has 0 amide bonds. The monoisotopic (exact) mass is 1210 g/mol. The van der Waals surface area contributed by atoms with E-state index < -0.39 is 5.41 Å². The van der Waals surface area contributed by atoms with Crippen LogP contribution in [0.1, 0.15) is 48.6 Å². The molecule has 0 atom stereocenters. The number of rotatable bonds is 9. The Balaban J connectivity index is 0.00000591. The summed E-state index contributed by atoms with van der Waals surface area (Å²) in [5.74, 6) is 1.15. The topological polar surface area (TPSA) is 33.5 Å². The maximum absolute atomic E-state index is 15.5. The number of benzene rings is 10. The molecule has 0 saturated heterocycles. The number of anilines is 4. The van der Waals surface area contributed by atoms with Crippen LogP contribution in [0.4, 0.5) is 31.5 Å². The largest absolute Gasteiger partial charge is 0.509 e. The first-order chi connectivity index (χ1) is 38.1. The van der Waals surface area contributed by atoms with E-state index >= 15 is 8.78 Å². The Hall–Kier alpha value is -8.90. The van der Waals surface area contributed by atoms with Gasteiger partial charge in [-0.15, -0.1) is 48.1 Å². The van der Waals surface area contributed by atoms with Crippen molar-refractivity contribution < 1.29 is 34.6 Å². The summed E-state index contributed by atoms with van der Waals surface area (Å²) < 4.78 is 39.9. The van der Waals surface area contributed by atoms with Crippen LogP contribution in [0.15, 0.2) is 237 Å². The molecule has 10 aromatic carbocycles. The zero-order chi connectivity index (χ0) is 52.7. The first-order valence-electron chi connectivity index (χ1n) is 26.2. The second-order valence-corrected chi connectivity index (χ2v) is 21.1. The minimum atomic E-state index is -0.959. The Bertz CT molecular complexity index is 4190. The number of hydrogen-bond acceptors (Lipinski definition) is 4. The van der Waals surface area contributed by atoms with Gasteiger partial charge in [0.2, 0.25) is 0 Å². The summed E-state index contributed by atoms with van der Waals surface area (Å²) in [6.45, 7) is 8.78. The molecule has 79 heavy (non-hydrogen) atoms. The van der Waals surface area contributed by atoms with Crippen LogP contribution in [-0.4, -0.2) is 9.55 Å². The number of aromatic nitrogens is 2. The molecular weight excluding hydrogens is 1160 g/mol. The molecule has 2 aromatic heterocycles. The van der Waals surface area contributed by atoms with Gasteiger partial charge in [-0.1, -0.05) is 160 Å². The molecule has 1 aliphatic carbocycles. The maximum Gasteiger partial charge on any atom is 0.135 e. The van der Waals surface area contributed by atoms with E-state index in [-0.39, 0.29) is 38.1 Å². The molecule has 0 N–H and O–H groups in total. The smallest absolute Gasteiger partial charge is 0.135 e. The van der Waals surface area contributed by atoms with Gasteiger partial charge >= 0.3 is 0 Å². The average Bonchev–Trinajstić information content (AvgIpc) is 4.33. The Morgan fingerprint density at radius 2 is 1.09 bits per heavy atom. The third kappa shape index (κ3) is 8.26. The summed E-state index contributed by atoms with van der Waals surface area (Å²) in [7, 11) is 0. The Labute approximate surface area is 472 Å². The fraction of sp³-hybridized carbons (Fsp3) is 0.0704. The second-order valence-electron chi connectivity index (χ2n) is 21.1. The summed E-state index contributed by atoms with van der Waals surface area (Å²) in [6, 6.07) is 84.1. The summed E-state index contributed by atoms with van der Waals surface area (Å²) in [6.07, 6.45) is 1.89. The van der Waals surface area contributed by atoms with Crippen LogP contribution in [-0.2, 0) is 31.9 Å². The predicted octanol–water partition coefficient (Wildman–Crippen LogP) is 18.3. The molecule has 12 aromatic rings. The fourth-order valence-corrected chi connectivity index (χ4v) is 12.0. The second kappa shape index (κ2) is 19.5. The Morgan fingerprint density at radius 1 is 0.506 bits per heavy atom. The van der Waals surface area contributed by atoms with Crippen LogP contribution in [0.5, 0.6) is 11.5 Å². The van der Waals surface area contributed by atoms with Gasteiger partial charge in [-0.3, -0.25) is 0 Å². The van der Waals surface area contributed by atoms with Crippen LogP contribution in [0.3, 0.4) is 0 Å². The van der Waals surface area contributed by atoms with Crippen LogP contribution >= 0.6 is 0 Å². The molecule has 0 spiro atoms. The number of hydrogen-bond donors (Lipinski definition) is 0. The van der Waals surface area contributed by atoms with Gasteiger partial charge in [0.25, 0.3) is 0 Å². The van der Waals surface area contributed by atoms with Crippen LogP contribution in [0.25, 0.3) is 61.0 Å². The summed E-state index contributed by atoms with van der Waals surface area (Å²) in [5.41, 5.74) is 14.7. The van der Waals surface area contributed by atoms with Crippen LogP contribution in [0.2, 0.25) is 0 Å². The van der Waals surface area contributed by atoms with E-state index in [1.165, 1.54) is 17.7 Å². The van der Waals surface area contributed by atoms with E-state index in [9.17, 15) is 0 Å². The van der Waals surface area contributed by atoms with E-state index in [1.54, 1.807) is 12.1 Å². The van der Waals surface area contributed by atoms with E-state index in [1.807, 2.05) is 72.9 Å². The molecule has 0 saturated carbocycles. The molecule has 14 rings (SSSR count). The van der Waals surface area contributed by atoms with E-state index in [4.69, 9.17) is 9.72 Å². The number of halogens is 2. The first-order valence-corrected chi connectivity index (χ1v) is 26.2. The number of fused-ring (bicyclic) bond motifs is 7. The zero-order valence-corrected chi connectivity index (χ0v) is 45.6. The van der Waals surface area contributed by atoms with Crippen LogP contribution in [0, 0.1) is 30.4 Å². The van der Waals surface area contributed by atoms with Crippen molar-refractivity contribution in [3.8, 4) is 50.7 Å². The van der Waals surface area contributed by atoms with Crippen molar-refractivity contribution in [1.82, 2.24) is 9.55 Å². The SMILES string of the molecule is CC(C)(C)c1ccnc(-n2c3[c-]c(Oc4[c-]c(N5[CH-]N(c6c(-c7ccccc7)cc(C7(c8ccccc8)c8ccc(F)cc8-c8cc(F)ccc87)cc6-c6ccccc6)c6ccccc65)ccc4)ccc3c3ccccc32)c1.[Pt]. The average molecular weight is 1210 g/mol. The summed E-state index contributed by atoms with van der Waals surface area (Å²) >= 11 is 0. The standard InChI is InChI=1S/C71H49F2N4O.Pt/c1-70(2,3)49-36-37-74-68(40-49)77-64-27-14-13-26-56(64)57-33-32-55(44-67(57)77)78-54-25-17-24-53(43-54)75-45-76(66-29-16-15-28-65(66)75)69-58(46-18-7-4-8-19-46)38-50(39-59(69)47-20-9-5-10-21-47)71(48-22-11-6-12-23-48)62-34-30-51(72)41-60(62)61-42-52(73)31-35-63(61)71;/h4-42,45H,1-3H3;/q-3;. The fourth-order valence-electron chi connectivity index (χ4n) is 12.0. The zero-order valence-electron chi connectivity index (χ0n) is 43.4. The minimum absolute atomic E-state index is 0. The van der Waals surface area contributed by atoms with Crippen molar-refractivity contribution in [2.45, 2.75) is 31.6 Å². The molecule has 0 radical (unpaired) electrons. The predicted molar refractivity (Wildman–Crippen MR) is 311 cm³/mol. The summed E-state index contributed by atoms with van der Waals surface area (Å²) in [5, 5.41) is 2.16. The number of para-hydroxylation sites is 3. The number of ether oxygens (including phenoxy) is 1. The number of pyridine rings is 1. The molecule has 3 heterocycles. The maximum atomic E-state index is 15.5. The van der Waals surface area contributed by atoms with E-state index in [2.05, 4.69) is 193 Å². The van der Waals surface area contributed by atoms with Crippen molar-refractivity contribution in [3.05, 3.63) is 295 Å². The van der Waals surface area contributed by atoms with Gasteiger partial charge in [0.1, 0.15) is 17.5 Å². The minimum Gasteiger partial charge on any atom is -0.509 e. The van der Waals surface area contributed by atoms with Gasteiger partial charge < -0.3 is 19.1 Å². The van der Waals surface area contributed by atoms with E-state index in [0.717, 1.165) is 94.9 Å². The normalized spacial score (nSPS) is 13.3. The molecular formula is C71H49F2N4OPt-3. The molecule has 386 valence electrons. The van der Waals surface area contributed by atoms with Crippen molar-refractivity contribution in [3.63, 3.8) is 0 Å². The van der Waals surface area contributed by atoms with Crippen molar-refractivity contribution in [2.75, 3.05) is 9.80 Å². The molecule has 0 fully saturated rings. The summed E-state index contributed by atoms with van der Waals surface area (Å²) in [4.78, 5) is 9.32. The molecule has 2 aliphatic rings. The molecule has 8 heteroatoms. The van der Waals surface area contributed by atoms with Gasteiger partial charge in [-0.05, 0) is 128 Å². The Morgan fingerprint density at radius 3 is 1.73 bits per heavy atom. The van der Waals surface area contributed by atoms with Gasteiger partial charge in [-0.25, -0.2) is 13.8 Å². The van der Waals surface area contributed by atoms with Crippen LogP contribution < -0.4 is 14.5 Å². The van der Waals surface area contributed by atoms with E-state index in [0.29, 0.717) is 22.6 Å². The molecule has 1 aliphatic heterocycles.